The first-order valence-electron chi connectivity index (χ1n) is 8.90. The number of aromatic nitrogens is 1. The van der Waals surface area contributed by atoms with Crippen molar-refractivity contribution in [3.05, 3.63) is 45.4 Å². The van der Waals surface area contributed by atoms with E-state index in [1.807, 2.05) is 39.0 Å². The molecule has 6 nitrogen and oxygen atoms in total. The van der Waals surface area contributed by atoms with Gasteiger partial charge in [0.25, 0.3) is 0 Å². The van der Waals surface area contributed by atoms with Crippen LogP contribution in [0.1, 0.15) is 40.4 Å². The minimum Gasteiger partial charge on any atom is -0.357 e. The van der Waals surface area contributed by atoms with Crippen molar-refractivity contribution in [3.63, 3.8) is 0 Å². The summed E-state index contributed by atoms with van der Waals surface area (Å²) in [4.78, 5) is 22.3. The summed E-state index contributed by atoms with van der Waals surface area (Å²) >= 11 is 1.68. The lowest BCUT2D eigenvalue weighted by molar-refractivity contribution is -0.116. The highest BCUT2D eigenvalue weighted by Crippen LogP contribution is 2.31. The van der Waals surface area contributed by atoms with Crippen molar-refractivity contribution in [2.45, 2.75) is 39.7 Å². The lowest BCUT2D eigenvalue weighted by Crippen LogP contribution is -2.40. The van der Waals surface area contributed by atoms with Crippen LogP contribution in [0.2, 0.25) is 0 Å². The third kappa shape index (κ3) is 4.40. The molecule has 1 aliphatic heterocycles. The summed E-state index contributed by atoms with van der Waals surface area (Å²) in [6.45, 7) is 8.13. The van der Waals surface area contributed by atoms with Crippen LogP contribution in [0.5, 0.6) is 0 Å². The predicted molar refractivity (Wildman–Crippen MR) is 107 cm³/mol. The number of anilines is 1. The molecule has 1 aromatic heterocycles. The Hall–Kier alpha value is -2.41. The lowest BCUT2D eigenvalue weighted by Gasteiger charge is -2.26. The number of benzene rings is 1. The fraction of sp³-hybridized carbons (Fsp3) is 0.421. The van der Waals surface area contributed by atoms with Gasteiger partial charge in [-0.25, -0.2) is 9.98 Å². The molecule has 1 amide bonds. The van der Waals surface area contributed by atoms with Gasteiger partial charge >= 0.3 is 0 Å². The fourth-order valence-electron chi connectivity index (χ4n) is 3.12. The first kappa shape index (κ1) is 18.4. The maximum Gasteiger partial charge on any atom is 0.225 e. The topological polar surface area (TPSA) is 78.4 Å². The van der Waals surface area contributed by atoms with Gasteiger partial charge in [0.2, 0.25) is 5.91 Å². The number of nitrogens with zero attached hydrogens (tertiary/aromatic N) is 2. The van der Waals surface area contributed by atoms with Crippen LogP contribution in [0.3, 0.4) is 0 Å². The highest BCUT2D eigenvalue weighted by Gasteiger charge is 2.24. The molecule has 7 heteroatoms. The number of guanidine groups is 1. The third-order valence-corrected chi connectivity index (χ3v) is 5.40. The molecule has 1 aromatic carbocycles. The molecular weight excluding hydrogens is 346 g/mol. The molecule has 138 valence electrons. The molecule has 3 N–H and O–H groups in total. The molecule has 2 heterocycles. The van der Waals surface area contributed by atoms with Crippen LogP contribution in [-0.4, -0.2) is 29.9 Å². The summed E-state index contributed by atoms with van der Waals surface area (Å²) in [6.07, 6.45) is 0.483. The van der Waals surface area contributed by atoms with Gasteiger partial charge in [-0.2, -0.15) is 0 Å². The fourth-order valence-corrected chi connectivity index (χ4v) is 3.98. The first-order chi connectivity index (χ1) is 12.6. The van der Waals surface area contributed by atoms with Gasteiger partial charge in [-0.05, 0) is 32.4 Å². The van der Waals surface area contributed by atoms with Crippen molar-refractivity contribution in [1.82, 2.24) is 15.6 Å². The number of carbonyl (C=O) groups is 1. The van der Waals surface area contributed by atoms with E-state index < -0.39 is 0 Å². The molecular formula is C19H25N5OS. The summed E-state index contributed by atoms with van der Waals surface area (Å²) in [7, 11) is 0. The van der Waals surface area contributed by atoms with Crippen LogP contribution in [0.25, 0.3) is 0 Å². The van der Waals surface area contributed by atoms with E-state index in [0.717, 1.165) is 28.9 Å². The number of carbonyl (C=O) groups excluding carboxylic acids is 1. The van der Waals surface area contributed by atoms with Gasteiger partial charge in [0.1, 0.15) is 0 Å². The average Bonchev–Trinajstić information content (AvgIpc) is 2.94. The molecule has 0 saturated heterocycles. The highest BCUT2D eigenvalue weighted by atomic mass is 32.1. The first-order valence-corrected chi connectivity index (χ1v) is 9.72. The van der Waals surface area contributed by atoms with E-state index in [9.17, 15) is 4.79 Å². The number of rotatable bonds is 5. The Morgan fingerprint density at radius 3 is 2.88 bits per heavy atom. The summed E-state index contributed by atoms with van der Waals surface area (Å²) in [5, 5.41) is 10.7. The minimum atomic E-state index is 0.0631. The molecule has 1 unspecified atom stereocenters. The van der Waals surface area contributed by atoms with Gasteiger partial charge in [0.05, 0.1) is 17.2 Å². The Morgan fingerprint density at radius 2 is 2.15 bits per heavy atom. The van der Waals surface area contributed by atoms with E-state index in [0.29, 0.717) is 19.5 Å². The van der Waals surface area contributed by atoms with Crippen LogP contribution < -0.4 is 16.0 Å². The normalized spacial score (nSPS) is 16.8. The van der Waals surface area contributed by atoms with Gasteiger partial charge in [0.15, 0.2) is 5.96 Å². The van der Waals surface area contributed by atoms with Crippen LogP contribution >= 0.6 is 11.3 Å². The molecule has 1 aliphatic rings. The number of thiazole rings is 1. The molecule has 26 heavy (non-hydrogen) atoms. The molecule has 0 bridgehead atoms. The zero-order chi connectivity index (χ0) is 18.5. The molecule has 3 rings (SSSR count). The number of hydrogen-bond donors (Lipinski definition) is 3. The monoisotopic (exact) mass is 371 g/mol. The van der Waals surface area contributed by atoms with Crippen LogP contribution in [0, 0.1) is 13.8 Å². The zero-order valence-electron chi connectivity index (χ0n) is 15.4. The summed E-state index contributed by atoms with van der Waals surface area (Å²) in [5.41, 5.74) is 3.13. The van der Waals surface area contributed by atoms with E-state index in [4.69, 9.17) is 0 Å². The Labute approximate surface area is 158 Å². The van der Waals surface area contributed by atoms with E-state index in [1.54, 1.807) is 11.3 Å². The molecule has 1 atom stereocenters. The van der Waals surface area contributed by atoms with Crippen LogP contribution in [0.15, 0.2) is 29.3 Å². The zero-order valence-corrected chi connectivity index (χ0v) is 16.2. The molecule has 0 aliphatic carbocycles. The third-order valence-electron chi connectivity index (χ3n) is 4.35. The van der Waals surface area contributed by atoms with Crippen LogP contribution in [-0.2, 0) is 11.3 Å². The van der Waals surface area contributed by atoms with Gasteiger partial charge in [0, 0.05) is 36.0 Å². The van der Waals surface area contributed by atoms with Crippen molar-refractivity contribution in [1.29, 1.82) is 0 Å². The molecule has 2 aromatic rings. The molecule has 0 fully saturated rings. The molecule has 0 spiro atoms. The standard InChI is InChI=1S/C19H25N5OS/c1-4-20-19(22-11-17-12(2)23-13(3)26-17)21-10-14-9-18(25)24-16-8-6-5-7-15(14)16/h5-8,14H,4,9-11H2,1-3H3,(H,24,25)(H2,20,21,22). The number of hydrogen-bond acceptors (Lipinski definition) is 4. The Morgan fingerprint density at radius 1 is 1.35 bits per heavy atom. The second-order valence-electron chi connectivity index (χ2n) is 6.35. The Bertz CT molecular complexity index is 814. The van der Waals surface area contributed by atoms with E-state index in [2.05, 4.69) is 32.0 Å². The Balaban J connectivity index is 1.68. The van der Waals surface area contributed by atoms with Crippen molar-refractivity contribution in [3.8, 4) is 0 Å². The summed E-state index contributed by atoms with van der Waals surface area (Å²) < 4.78 is 0. The van der Waals surface area contributed by atoms with Gasteiger partial charge in [-0.3, -0.25) is 4.79 Å². The average molecular weight is 372 g/mol. The van der Waals surface area contributed by atoms with Crippen molar-refractivity contribution < 1.29 is 4.79 Å². The van der Waals surface area contributed by atoms with Crippen LogP contribution in [0.4, 0.5) is 5.69 Å². The molecule has 0 saturated carbocycles. The second-order valence-corrected chi connectivity index (χ2v) is 7.64. The highest BCUT2D eigenvalue weighted by molar-refractivity contribution is 7.11. The van der Waals surface area contributed by atoms with Crippen molar-refractivity contribution >= 4 is 28.9 Å². The number of aryl methyl sites for hydroxylation is 2. The van der Waals surface area contributed by atoms with Gasteiger partial charge in [-0.15, -0.1) is 11.3 Å². The second kappa shape index (κ2) is 8.31. The quantitative estimate of drug-likeness (QED) is 0.558. The van der Waals surface area contributed by atoms with E-state index in [1.165, 1.54) is 10.4 Å². The largest absolute Gasteiger partial charge is 0.357 e. The number of nitrogens with one attached hydrogen (secondary N) is 3. The Kier molecular flexibility index (Phi) is 5.88. The number of para-hydroxylation sites is 1. The van der Waals surface area contributed by atoms with E-state index >= 15 is 0 Å². The maximum atomic E-state index is 12.0. The van der Waals surface area contributed by atoms with Gasteiger partial charge in [-0.1, -0.05) is 18.2 Å². The van der Waals surface area contributed by atoms with Gasteiger partial charge < -0.3 is 16.0 Å². The van der Waals surface area contributed by atoms with Crippen molar-refractivity contribution in [2.24, 2.45) is 4.99 Å². The maximum absolute atomic E-state index is 12.0. The van der Waals surface area contributed by atoms with E-state index in [-0.39, 0.29) is 11.8 Å². The minimum absolute atomic E-state index is 0.0631. The predicted octanol–water partition coefficient (Wildman–Crippen LogP) is 2.94. The lowest BCUT2D eigenvalue weighted by atomic mass is 9.90. The number of aliphatic imine (C=N–C) groups is 1. The smallest absolute Gasteiger partial charge is 0.225 e. The SMILES string of the molecule is CCNC(=NCc1sc(C)nc1C)NCC1CC(=O)Nc2ccccc21. The van der Waals surface area contributed by atoms with Crippen molar-refractivity contribution in [2.75, 3.05) is 18.4 Å². The summed E-state index contributed by atoms with van der Waals surface area (Å²) in [6, 6.07) is 7.99. The summed E-state index contributed by atoms with van der Waals surface area (Å²) in [5.74, 6) is 0.964. The number of amides is 1. The molecule has 0 radical (unpaired) electrons. The number of fused-ring (bicyclic) bond motifs is 1.